The van der Waals surface area contributed by atoms with Crippen LogP contribution in [0.3, 0.4) is 0 Å². The number of carbonyl (C=O) groups is 1. The first-order valence-corrected chi connectivity index (χ1v) is 9.27. The van der Waals surface area contributed by atoms with E-state index in [1.807, 2.05) is 0 Å². The molecule has 0 bridgehead atoms. The van der Waals surface area contributed by atoms with E-state index in [2.05, 4.69) is 55.3 Å². The Morgan fingerprint density at radius 3 is 2.23 bits per heavy atom. The molecule has 0 aromatic heterocycles. The average Bonchev–Trinajstić information content (AvgIpc) is 2.55. The summed E-state index contributed by atoms with van der Waals surface area (Å²) in [5.41, 5.74) is 8.37. The molecule has 1 aliphatic heterocycles. The van der Waals surface area contributed by atoms with E-state index in [1.54, 1.807) is 0 Å². The van der Waals surface area contributed by atoms with E-state index >= 15 is 0 Å². The van der Waals surface area contributed by atoms with E-state index in [4.69, 9.17) is 5.73 Å². The highest BCUT2D eigenvalue weighted by molar-refractivity contribution is 5.85. The van der Waals surface area contributed by atoms with E-state index in [0.717, 1.165) is 24.4 Å². The maximum absolute atomic E-state index is 12.0. The van der Waals surface area contributed by atoms with Gasteiger partial charge in [0.15, 0.2) is 0 Å². The number of hydrogen-bond acceptors (Lipinski definition) is 3. The number of rotatable bonds is 7. The van der Waals surface area contributed by atoms with Crippen LogP contribution in [-0.4, -0.2) is 29.9 Å². The molecule has 0 unspecified atom stereocenters. The van der Waals surface area contributed by atoms with Crippen molar-refractivity contribution in [1.29, 1.82) is 0 Å². The van der Waals surface area contributed by atoms with Crippen LogP contribution in [0.1, 0.15) is 51.2 Å². The molecular weight excluding hydrogens is 369 g/mol. The zero-order chi connectivity index (χ0) is 17.5. The largest absolute Gasteiger partial charge is 0.351 e. The van der Waals surface area contributed by atoms with Gasteiger partial charge in [-0.3, -0.25) is 9.69 Å². The van der Waals surface area contributed by atoms with Gasteiger partial charge in [0.25, 0.3) is 0 Å². The second-order valence-electron chi connectivity index (χ2n) is 7.73. The second kappa shape index (κ2) is 12.6. The minimum Gasteiger partial charge on any atom is -0.351 e. The number of piperidine rings is 1. The lowest BCUT2D eigenvalue weighted by Crippen LogP contribution is -2.41. The molecule has 1 aromatic rings. The van der Waals surface area contributed by atoms with Crippen LogP contribution in [0, 0.1) is 11.8 Å². The van der Waals surface area contributed by atoms with Crippen LogP contribution in [0.25, 0.3) is 0 Å². The molecule has 0 aliphatic carbocycles. The number of carbonyl (C=O) groups excluding carboxylic acids is 1. The summed E-state index contributed by atoms with van der Waals surface area (Å²) in [6.07, 6.45) is 3.33. The van der Waals surface area contributed by atoms with E-state index < -0.39 is 6.04 Å². The van der Waals surface area contributed by atoms with Crippen molar-refractivity contribution < 1.29 is 4.79 Å². The van der Waals surface area contributed by atoms with Gasteiger partial charge in [0.05, 0.1) is 6.04 Å². The van der Waals surface area contributed by atoms with E-state index in [0.29, 0.717) is 12.5 Å². The van der Waals surface area contributed by atoms with Crippen LogP contribution < -0.4 is 11.1 Å². The van der Waals surface area contributed by atoms with Gasteiger partial charge in [-0.05, 0) is 55.3 Å². The van der Waals surface area contributed by atoms with Crippen molar-refractivity contribution in [2.45, 2.75) is 59.2 Å². The van der Waals surface area contributed by atoms with E-state index in [1.165, 1.54) is 31.5 Å². The Bertz CT molecular complexity index is 514. The molecule has 1 aliphatic rings. The summed E-state index contributed by atoms with van der Waals surface area (Å²) in [6.45, 7) is 10.5. The molecule has 1 aromatic carbocycles. The molecule has 0 spiro atoms. The summed E-state index contributed by atoms with van der Waals surface area (Å²) in [6, 6.07) is 8.15. The molecule has 26 heavy (non-hydrogen) atoms. The van der Waals surface area contributed by atoms with Gasteiger partial charge in [-0.2, -0.15) is 0 Å². The Labute approximate surface area is 171 Å². The quantitative estimate of drug-likeness (QED) is 0.728. The van der Waals surface area contributed by atoms with Gasteiger partial charge in [0.2, 0.25) is 5.91 Å². The van der Waals surface area contributed by atoms with Crippen LogP contribution in [0.15, 0.2) is 24.3 Å². The number of halogens is 2. The molecule has 0 radical (unpaired) electrons. The smallest absolute Gasteiger partial charge is 0.237 e. The first-order chi connectivity index (χ1) is 11.4. The normalized spacial score (nSPS) is 16.5. The number of benzene rings is 1. The van der Waals surface area contributed by atoms with Crippen LogP contribution in [0.2, 0.25) is 0 Å². The second-order valence-corrected chi connectivity index (χ2v) is 7.73. The first-order valence-electron chi connectivity index (χ1n) is 9.27. The summed E-state index contributed by atoms with van der Waals surface area (Å²) in [7, 11) is 0. The van der Waals surface area contributed by atoms with Crippen molar-refractivity contribution >= 4 is 30.7 Å². The molecule has 6 heteroatoms. The highest BCUT2D eigenvalue weighted by Crippen LogP contribution is 2.18. The van der Waals surface area contributed by atoms with Gasteiger partial charge in [0.1, 0.15) is 0 Å². The molecule has 1 saturated heterocycles. The standard InChI is InChI=1S/C20H33N3O.2ClH/c1-15(2)12-19(21)20(24)22-13-17-4-6-18(7-5-17)14-23-10-8-16(3)9-11-23;;/h4-7,15-16,19H,8-14,21H2,1-3H3,(H,22,24);2*1H/t19-;;/m0../s1. The summed E-state index contributed by atoms with van der Waals surface area (Å²) in [5.74, 6) is 1.24. The minimum absolute atomic E-state index is 0. The van der Waals surface area contributed by atoms with Gasteiger partial charge < -0.3 is 11.1 Å². The molecule has 1 amide bonds. The fraction of sp³-hybridized carbons (Fsp3) is 0.650. The maximum atomic E-state index is 12.0. The Morgan fingerprint density at radius 2 is 1.69 bits per heavy atom. The molecule has 2 rings (SSSR count). The number of likely N-dealkylation sites (tertiary alicyclic amines) is 1. The van der Waals surface area contributed by atoms with Crippen molar-refractivity contribution in [3.8, 4) is 0 Å². The predicted molar refractivity (Wildman–Crippen MR) is 114 cm³/mol. The lowest BCUT2D eigenvalue weighted by atomic mass is 9.99. The van der Waals surface area contributed by atoms with Crippen molar-refractivity contribution in [1.82, 2.24) is 10.2 Å². The molecule has 1 atom stereocenters. The Balaban J connectivity index is 0.00000312. The number of nitrogens with two attached hydrogens (primary N) is 1. The number of nitrogens with one attached hydrogen (secondary N) is 1. The molecule has 3 N–H and O–H groups in total. The van der Waals surface area contributed by atoms with E-state index in [9.17, 15) is 4.79 Å². The Morgan fingerprint density at radius 1 is 1.15 bits per heavy atom. The third kappa shape index (κ3) is 8.72. The molecular formula is C20H35Cl2N3O. The fourth-order valence-corrected chi connectivity index (χ4v) is 3.18. The van der Waals surface area contributed by atoms with Gasteiger partial charge in [0, 0.05) is 13.1 Å². The molecule has 1 heterocycles. The van der Waals surface area contributed by atoms with Gasteiger partial charge in [-0.15, -0.1) is 24.8 Å². The van der Waals surface area contributed by atoms with Crippen LogP contribution >= 0.6 is 24.8 Å². The molecule has 150 valence electrons. The molecule has 1 fully saturated rings. The number of hydrogen-bond donors (Lipinski definition) is 2. The summed E-state index contributed by atoms with van der Waals surface area (Å²) < 4.78 is 0. The van der Waals surface area contributed by atoms with Crippen molar-refractivity contribution in [2.24, 2.45) is 17.6 Å². The van der Waals surface area contributed by atoms with E-state index in [-0.39, 0.29) is 30.7 Å². The summed E-state index contributed by atoms with van der Waals surface area (Å²) >= 11 is 0. The topological polar surface area (TPSA) is 58.4 Å². The third-order valence-electron chi connectivity index (χ3n) is 4.83. The fourth-order valence-electron chi connectivity index (χ4n) is 3.18. The first kappa shape index (κ1) is 25.2. The minimum atomic E-state index is -0.411. The molecule has 4 nitrogen and oxygen atoms in total. The van der Waals surface area contributed by atoms with Gasteiger partial charge in [-0.1, -0.05) is 45.0 Å². The summed E-state index contributed by atoms with van der Waals surface area (Å²) in [4.78, 5) is 14.5. The van der Waals surface area contributed by atoms with Crippen molar-refractivity contribution in [3.63, 3.8) is 0 Å². The monoisotopic (exact) mass is 403 g/mol. The summed E-state index contributed by atoms with van der Waals surface area (Å²) in [5, 5.41) is 2.94. The Kier molecular flexibility index (Phi) is 12.2. The molecule has 0 saturated carbocycles. The predicted octanol–water partition coefficient (Wildman–Crippen LogP) is 3.75. The number of nitrogens with zero attached hydrogens (tertiary/aromatic N) is 1. The highest BCUT2D eigenvalue weighted by Gasteiger charge is 2.16. The van der Waals surface area contributed by atoms with Gasteiger partial charge >= 0.3 is 0 Å². The van der Waals surface area contributed by atoms with Crippen LogP contribution in [0.4, 0.5) is 0 Å². The van der Waals surface area contributed by atoms with Crippen molar-refractivity contribution in [3.05, 3.63) is 35.4 Å². The van der Waals surface area contributed by atoms with Gasteiger partial charge in [-0.25, -0.2) is 0 Å². The van der Waals surface area contributed by atoms with Crippen LogP contribution in [-0.2, 0) is 17.9 Å². The Hall–Kier alpha value is -0.810. The SMILES string of the molecule is CC(C)C[C@H](N)C(=O)NCc1ccc(CN2CCC(C)CC2)cc1.Cl.Cl. The lowest BCUT2D eigenvalue weighted by molar-refractivity contribution is -0.122. The average molecular weight is 404 g/mol. The highest BCUT2D eigenvalue weighted by atomic mass is 35.5. The maximum Gasteiger partial charge on any atom is 0.237 e. The third-order valence-corrected chi connectivity index (χ3v) is 4.83. The van der Waals surface area contributed by atoms with Crippen molar-refractivity contribution in [2.75, 3.05) is 13.1 Å². The zero-order valence-electron chi connectivity index (χ0n) is 16.2. The number of amides is 1. The lowest BCUT2D eigenvalue weighted by Gasteiger charge is -2.30. The zero-order valence-corrected chi connectivity index (χ0v) is 17.9. The van der Waals surface area contributed by atoms with Crippen LogP contribution in [0.5, 0.6) is 0 Å².